The molecule has 1 aromatic heterocycles. The summed E-state index contributed by atoms with van der Waals surface area (Å²) in [6, 6.07) is 0. The second-order valence-electron chi connectivity index (χ2n) is 4.35. The molecule has 2 rings (SSSR count). The lowest BCUT2D eigenvalue weighted by Gasteiger charge is -2.32. The van der Waals surface area contributed by atoms with E-state index in [4.69, 9.17) is 16.3 Å². The van der Waals surface area contributed by atoms with Crippen LogP contribution in [-0.4, -0.2) is 45.8 Å². The Balaban J connectivity index is 2.05. The van der Waals surface area contributed by atoms with Crippen molar-refractivity contribution in [1.82, 2.24) is 14.7 Å². The van der Waals surface area contributed by atoms with Crippen molar-refractivity contribution in [1.29, 1.82) is 0 Å². The van der Waals surface area contributed by atoms with Gasteiger partial charge in [-0.25, -0.2) is 0 Å². The van der Waals surface area contributed by atoms with Crippen molar-refractivity contribution in [3.05, 3.63) is 16.4 Å². The molecule has 2 heterocycles. The topological polar surface area (TPSA) is 30.3 Å². The summed E-state index contributed by atoms with van der Waals surface area (Å²) in [6.07, 6.45) is 0.275. The van der Waals surface area contributed by atoms with Gasteiger partial charge in [-0.3, -0.25) is 9.58 Å². The number of aryl methyl sites for hydroxylation is 2. The van der Waals surface area contributed by atoms with E-state index >= 15 is 0 Å². The third kappa shape index (κ3) is 3.02. The van der Waals surface area contributed by atoms with Crippen LogP contribution in [0.3, 0.4) is 0 Å². The Morgan fingerprint density at radius 3 is 2.94 bits per heavy atom. The van der Waals surface area contributed by atoms with Crippen molar-refractivity contribution in [2.75, 3.05) is 25.0 Å². The van der Waals surface area contributed by atoms with Crippen LogP contribution in [0.5, 0.6) is 0 Å². The molecule has 1 fully saturated rings. The maximum Gasteiger partial charge on any atom is 0.0860 e. The highest BCUT2D eigenvalue weighted by Crippen LogP contribution is 2.22. The first-order chi connectivity index (χ1) is 8.11. The van der Waals surface area contributed by atoms with Crippen molar-refractivity contribution in [3.63, 3.8) is 0 Å². The van der Waals surface area contributed by atoms with E-state index in [-0.39, 0.29) is 6.10 Å². The number of nitrogens with zero attached hydrogens (tertiary/aromatic N) is 3. The number of hydrogen-bond acceptors (Lipinski definition) is 3. The molecule has 0 amide bonds. The molecule has 0 spiro atoms. The van der Waals surface area contributed by atoms with Gasteiger partial charge in [0.15, 0.2) is 0 Å². The maximum atomic E-state index is 6.25. The summed E-state index contributed by atoms with van der Waals surface area (Å²) >= 11 is 9.71. The van der Waals surface area contributed by atoms with Crippen molar-refractivity contribution in [3.8, 4) is 0 Å². The number of halogens is 2. The van der Waals surface area contributed by atoms with Crippen LogP contribution >= 0.6 is 27.5 Å². The zero-order valence-electron chi connectivity index (χ0n) is 10.1. The fourth-order valence-corrected chi connectivity index (χ4v) is 2.69. The van der Waals surface area contributed by atoms with Crippen LogP contribution in [0.4, 0.5) is 0 Å². The van der Waals surface area contributed by atoms with E-state index in [9.17, 15) is 0 Å². The maximum absolute atomic E-state index is 6.25. The zero-order chi connectivity index (χ0) is 12.4. The van der Waals surface area contributed by atoms with Crippen molar-refractivity contribution >= 4 is 27.5 Å². The highest BCUT2D eigenvalue weighted by Gasteiger charge is 2.22. The molecule has 0 bridgehead atoms. The van der Waals surface area contributed by atoms with Crippen LogP contribution in [0, 0.1) is 6.92 Å². The molecule has 6 heteroatoms. The van der Waals surface area contributed by atoms with Gasteiger partial charge in [0, 0.05) is 32.0 Å². The average Bonchev–Trinajstić information content (AvgIpc) is 2.56. The smallest absolute Gasteiger partial charge is 0.0860 e. The molecule has 17 heavy (non-hydrogen) atoms. The minimum Gasteiger partial charge on any atom is -0.375 e. The van der Waals surface area contributed by atoms with Gasteiger partial charge in [0.1, 0.15) is 0 Å². The first-order valence-electron chi connectivity index (χ1n) is 5.69. The summed E-state index contributed by atoms with van der Waals surface area (Å²) in [7, 11) is 1.94. The summed E-state index contributed by atoms with van der Waals surface area (Å²) in [5.41, 5.74) is 1.98. The number of morpholine rings is 1. The molecule has 0 aromatic carbocycles. The second-order valence-corrected chi connectivity index (χ2v) is 5.38. The fourth-order valence-electron chi connectivity index (χ4n) is 2.08. The summed E-state index contributed by atoms with van der Waals surface area (Å²) in [6.45, 7) is 5.44. The minimum atomic E-state index is 0.275. The molecule has 1 unspecified atom stereocenters. The Morgan fingerprint density at radius 1 is 1.59 bits per heavy atom. The minimum absolute atomic E-state index is 0.275. The van der Waals surface area contributed by atoms with Gasteiger partial charge >= 0.3 is 0 Å². The third-order valence-corrected chi connectivity index (χ3v) is 4.24. The fraction of sp³-hybridized carbons (Fsp3) is 0.727. The van der Waals surface area contributed by atoms with Crippen molar-refractivity contribution < 1.29 is 4.74 Å². The summed E-state index contributed by atoms with van der Waals surface area (Å²) in [5.74, 6) is 0. The van der Waals surface area contributed by atoms with E-state index in [0.29, 0.717) is 0 Å². The number of hydrogen-bond donors (Lipinski definition) is 0. The van der Waals surface area contributed by atoms with E-state index < -0.39 is 0 Å². The van der Waals surface area contributed by atoms with Gasteiger partial charge in [0.25, 0.3) is 0 Å². The molecular weight excluding hydrogens is 305 g/mol. The quantitative estimate of drug-likeness (QED) is 0.797. The van der Waals surface area contributed by atoms with E-state index in [1.165, 1.54) is 0 Å². The molecule has 1 aliphatic rings. The predicted molar refractivity (Wildman–Crippen MR) is 71.8 cm³/mol. The first kappa shape index (κ1) is 13.3. The molecule has 1 saturated heterocycles. The van der Waals surface area contributed by atoms with E-state index in [1.54, 1.807) is 0 Å². The molecule has 1 atom stereocenters. The average molecular weight is 323 g/mol. The number of aromatic nitrogens is 2. The van der Waals surface area contributed by atoms with Gasteiger partial charge in [-0.2, -0.15) is 5.10 Å². The van der Waals surface area contributed by atoms with Gasteiger partial charge < -0.3 is 4.74 Å². The lowest BCUT2D eigenvalue weighted by molar-refractivity contribution is -0.0188. The normalized spacial score (nSPS) is 22.0. The molecule has 96 valence electrons. The lowest BCUT2D eigenvalue weighted by atomic mass is 10.2. The van der Waals surface area contributed by atoms with Crippen LogP contribution in [-0.2, 0) is 18.3 Å². The standard InChI is InChI=1S/C11H17BrClN3O/c1-8-11(13)10(15(2)14-8)7-16-3-4-17-9(5-12)6-16/h9H,3-7H2,1-2H3. The van der Waals surface area contributed by atoms with Crippen molar-refractivity contribution in [2.45, 2.75) is 19.6 Å². The summed E-state index contributed by atoms with van der Waals surface area (Å²) in [5, 5.41) is 6.00. The molecule has 0 radical (unpaired) electrons. The van der Waals surface area contributed by atoms with Gasteiger partial charge in [0.2, 0.25) is 0 Å². The van der Waals surface area contributed by atoms with Crippen LogP contribution in [0.1, 0.15) is 11.4 Å². The molecule has 4 nitrogen and oxygen atoms in total. The molecule has 1 aromatic rings. The first-order valence-corrected chi connectivity index (χ1v) is 7.19. The Labute approximate surface area is 115 Å². The monoisotopic (exact) mass is 321 g/mol. The van der Waals surface area contributed by atoms with Crippen LogP contribution < -0.4 is 0 Å². The molecule has 1 aliphatic heterocycles. The third-order valence-electron chi connectivity index (χ3n) is 3.03. The summed E-state index contributed by atoms with van der Waals surface area (Å²) in [4.78, 5) is 2.36. The largest absolute Gasteiger partial charge is 0.375 e. The Kier molecular flexibility index (Phi) is 4.47. The molecule has 0 saturated carbocycles. The van der Waals surface area contributed by atoms with Gasteiger partial charge in [-0.15, -0.1) is 0 Å². The Bertz CT molecular complexity index is 396. The van der Waals surface area contributed by atoms with Crippen LogP contribution in [0.2, 0.25) is 5.02 Å². The molecular formula is C11H17BrClN3O. The number of alkyl halides is 1. The SMILES string of the molecule is Cc1nn(C)c(CN2CCOC(CBr)C2)c1Cl. The van der Waals surface area contributed by atoms with Crippen LogP contribution in [0.15, 0.2) is 0 Å². The predicted octanol–water partition coefficient (Wildman–Crippen LogP) is 1.98. The van der Waals surface area contributed by atoms with Gasteiger partial charge in [-0.05, 0) is 6.92 Å². The lowest BCUT2D eigenvalue weighted by Crippen LogP contribution is -2.42. The van der Waals surface area contributed by atoms with Crippen molar-refractivity contribution in [2.24, 2.45) is 7.05 Å². The van der Waals surface area contributed by atoms with E-state index in [2.05, 4.69) is 25.9 Å². The number of ether oxygens (including phenoxy) is 1. The van der Waals surface area contributed by atoms with Gasteiger partial charge in [0.05, 0.1) is 29.1 Å². The highest BCUT2D eigenvalue weighted by atomic mass is 79.9. The Morgan fingerprint density at radius 2 is 2.35 bits per heavy atom. The molecule has 0 N–H and O–H groups in total. The van der Waals surface area contributed by atoms with E-state index in [1.807, 2.05) is 18.7 Å². The van der Waals surface area contributed by atoms with E-state index in [0.717, 1.165) is 48.0 Å². The molecule has 0 aliphatic carbocycles. The second kappa shape index (κ2) is 5.69. The highest BCUT2D eigenvalue weighted by molar-refractivity contribution is 9.09. The van der Waals surface area contributed by atoms with Gasteiger partial charge in [-0.1, -0.05) is 27.5 Å². The Hall–Kier alpha value is -0.100. The summed E-state index contributed by atoms with van der Waals surface area (Å²) < 4.78 is 7.49. The zero-order valence-corrected chi connectivity index (χ0v) is 12.5. The number of rotatable bonds is 3. The van der Waals surface area contributed by atoms with Crippen LogP contribution in [0.25, 0.3) is 0 Å².